The minimum atomic E-state index is -0.269. The van der Waals surface area contributed by atoms with Crippen molar-refractivity contribution < 1.29 is 5.11 Å². The van der Waals surface area contributed by atoms with E-state index in [1.165, 1.54) is 4.57 Å². The van der Waals surface area contributed by atoms with Crippen LogP contribution < -0.4 is 5.69 Å². The molecule has 2 rings (SSSR count). The minimum Gasteiger partial charge on any atom is -0.395 e. The summed E-state index contributed by atoms with van der Waals surface area (Å²) in [7, 11) is 0. The molecule has 0 bridgehead atoms. The fraction of sp³-hybridized carbons (Fsp3) is 0.200. The van der Waals surface area contributed by atoms with Crippen molar-refractivity contribution in [3.63, 3.8) is 0 Å². The molecule has 0 aliphatic carbocycles. The number of rotatable bonds is 2. The monoisotopic (exact) mass is 203 g/mol. The van der Waals surface area contributed by atoms with E-state index in [1.807, 2.05) is 6.07 Å². The minimum absolute atomic E-state index is 0.0904. The molecule has 1 aromatic carbocycles. The predicted molar refractivity (Wildman–Crippen MR) is 54.4 cm³/mol. The number of hydrogen-bond acceptors (Lipinski definition) is 3. The molecule has 15 heavy (non-hydrogen) atoms. The third kappa shape index (κ3) is 1.51. The first-order valence-electron chi connectivity index (χ1n) is 4.50. The average Bonchev–Trinajstić information content (AvgIpc) is 2.55. The number of nitriles is 1. The van der Waals surface area contributed by atoms with Gasteiger partial charge in [0.15, 0.2) is 0 Å². The van der Waals surface area contributed by atoms with E-state index in [-0.39, 0.29) is 18.8 Å². The molecule has 76 valence electrons. The highest BCUT2D eigenvalue weighted by Gasteiger charge is 2.05. The summed E-state index contributed by atoms with van der Waals surface area (Å²) in [6.45, 7) is 0.164. The van der Waals surface area contributed by atoms with Gasteiger partial charge in [-0.2, -0.15) is 5.26 Å². The standard InChI is InChI=1S/C10H9N3O2/c11-6-7-1-2-9-8(5-7)12-10(15)13(9)3-4-14/h1-2,5,14H,3-4H2,(H,12,15). The number of nitrogens with one attached hydrogen (secondary N) is 1. The highest BCUT2D eigenvalue weighted by molar-refractivity contribution is 5.76. The van der Waals surface area contributed by atoms with E-state index in [1.54, 1.807) is 18.2 Å². The summed E-state index contributed by atoms with van der Waals surface area (Å²) in [6, 6.07) is 6.95. The molecule has 2 aromatic rings. The van der Waals surface area contributed by atoms with E-state index in [2.05, 4.69) is 4.98 Å². The van der Waals surface area contributed by atoms with Gasteiger partial charge in [-0.25, -0.2) is 4.79 Å². The summed E-state index contributed by atoms with van der Waals surface area (Å²) < 4.78 is 1.44. The number of hydrogen-bond donors (Lipinski definition) is 2. The summed E-state index contributed by atoms with van der Waals surface area (Å²) >= 11 is 0. The summed E-state index contributed by atoms with van der Waals surface area (Å²) in [5.41, 5.74) is 1.55. The Hall–Kier alpha value is -2.06. The summed E-state index contributed by atoms with van der Waals surface area (Å²) in [4.78, 5) is 14.1. The molecule has 0 amide bonds. The lowest BCUT2D eigenvalue weighted by molar-refractivity contribution is 0.276. The normalized spacial score (nSPS) is 10.4. The molecule has 5 heteroatoms. The molecule has 5 nitrogen and oxygen atoms in total. The first kappa shape index (κ1) is 9.49. The van der Waals surface area contributed by atoms with Crippen LogP contribution in [0.3, 0.4) is 0 Å². The maximum Gasteiger partial charge on any atom is 0.326 e. The summed E-state index contributed by atoms with van der Waals surface area (Å²) in [6.07, 6.45) is 0. The van der Waals surface area contributed by atoms with Gasteiger partial charge in [-0.05, 0) is 18.2 Å². The van der Waals surface area contributed by atoms with Crippen LogP contribution in [0.1, 0.15) is 5.56 Å². The van der Waals surface area contributed by atoms with E-state index < -0.39 is 0 Å². The summed E-state index contributed by atoms with van der Waals surface area (Å²) in [5, 5.41) is 17.5. The van der Waals surface area contributed by atoms with E-state index >= 15 is 0 Å². The van der Waals surface area contributed by atoms with Crippen molar-refractivity contribution in [2.45, 2.75) is 6.54 Å². The Balaban J connectivity index is 2.70. The van der Waals surface area contributed by atoms with E-state index in [0.717, 1.165) is 0 Å². The van der Waals surface area contributed by atoms with Crippen molar-refractivity contribution in [2.24, 2.45) is 0 Å². The number of aliphatic hydroxyl groups excluding tert-OH is 1. The van der Waals surface area contributed by atoms with Crippen LogP contribution in [-0.2, 0) is 6.54 Å². The van der Waals surface area contributed by atoms with E-state index in [0.29, 0.717) is 16.6 Å². The largest absolute Gasteiger partial charge is 0.395 e. The zero-order chi connectivity index (χ0) is 10.8. The second kappa shape index (κ2) is 3.59. The molecule has 0 aliphatic rings. The molecule has 0 unspecified atom stereocenters. The third-order valence-corrected chi connectivity index (χ3v) is 2.23. The molecule has 0 fully saturated rings. The number of aromatic nitrogens is 2. The highest BCUT2D eigenvalue weighted by Crippen LogP contribution is 2.11. The van der Waals surface area contributed by atoms with Gasteiger partial charge in [0.1, 0.15) is 0 Å². The van der Waals surface area contributed by atoms with Gasteiger partial charge in [-0.1, -0.05) is 0 Å². The van der Waals surface area contributed by atoms with Crippen LogP contribution in [0.25, 0.3) is 11.0 Å². The van der Waals surface area contributed by atoms with Gasteiger partial charge in [0, 0.05) is 0 Å². The topological polar surface area (TPSA) is 81.8 Å². The lowest BCUT2D eigenvalue weighted by Gasteiger charge is -1.98. The van der Waals surface area contributed by atoms with Crippen LogP contribution >= 0.6 is 0 Å². The van der Waals surface area contributed by atoms with Gasteiger partial charge in [-0.15, -0.1) is 0 Å². The molecule has 2 N–H and O–H groups in total. The number of benzene rings is 1. The second-order valence-electron chi connectivity index (χ2n) is 3.15. The van der Waals surface area contributed by atoms with Gasteiger partial charge >= 0.3 is 5.69 Å². The Labute approximate surface area is 85.2 Å². The number of aliphatic hydroxyl groups is 1. The SMILES string of the molecule is N#Cc1ccc2c(c1)[nH]c(=O)n2CCO. The van der Waals surface area contributed by atoms with Gasteiger partial charge in [-0.3, -0.25) is 4.57 Å². The molecule has 0 spiro atoms. The maximum atomic E-state index is 11.4. The molecule has 0 saturated heterocycles. The highest BCUT2D eigenvalue weighted by atomic mass is 16.3. The number of nitrogens with zero attached hydrogens (tertiary/aromatic N) is 2. The van der Waals surface area contributed by atoms with Crippen molar-refractivity contribution in [3.8, 4) is 6.07 Å². The third-order valence-electron chi connectivity index (χ3n) is 2.23. The lowest BCUT2D eigenvalue weighted by atomic mass is 10.2. The molecule has 0 saturated carbocycles. The van der Waals surface area contributed by atoms with Crippen LogP contribution in [0.4, 0.5) is 0 Å². The van der Waals surface area contributed by atoms with Gasteiger partial charge in [0.25, 0.3) is 0 Å². The Kier molecular flexibility index (Phi) is 2.27. The zero-order valence-corrected chi connectivity index (χ0v) is 7.90. The summed E-state index contributed by atoms with van der Waals surface area (Å²) in [5.74, 6) is 0. The number of H-pyrrole nitrogens is 1. The fourth-order valence-electron chi connectivity index (χ4n) is 1.56. The Morgan fingerprint density at radius 1 is 1.53 bits per heavy atom. The van der Waals surface area contributed by atoms with Crippen molar-refractivity contribution in [1.82, 2.24) is 9.55 Å². The van der Waals surface area contributed by atoms with Crippen molar-refractivity contribution in [1.29, 1.82) is 5.26 Å². The lowest BCUT2D eigenvalue weighted by Crippen LogP contribution is -2.18. The Morgan fingerprint density at radius 2 is 2.33 bits per heavy atom. The van der Waals surface area contributed by atoms with Gasteiger partial charge in [0.2, 0.25) is 0 Å². The second-order valence-corrected chi connectivity index (χ2v) is 3.15. The van der Waals surface area contributed by atoms with Gasteiger partial charge < -0.3 is 10.1 Å². The molecule has 0 aliphatic heterocycles. The average molecular weight is 203 g/mol. The van der Waals surface area contributed by atoms with E-state index in [9.17, 15) is 4.79 Å². The quantitative estimate of drug-likeness (QED) is 0.731. The number of fused-ring (bicyclic) bond motifs is 1. The molecule has 1 heterocycles. The van der Waals surface area contributed by atoms with Crippen molar-refractivity contribution in [3.05, 3.63) is 34.2 Å². The molecule has 0 atom stereocenters. The number of imidazole rings is 1. The predicted octanol–water partition coefficient (Wildman–Crippen LogP) is 0.194. The Bertz CT molecular complexity index is 589. The molecule has 0 radical (unpaired) electrons. The van der Waals surface area contributed by atoms with Crippen LogP contribution in [0.2, 0.25) is 0 Å². The zero-order valence-electron chi connectivity index (χ0n) is 7.90. The van der Waals surface area contributed by atoms with Crippen LogP contribution in [-0.4, -0.2) is 21.3 Å². The number of aromatic amines is 1. The maximum absolute atomic E-state index is 11.4. The Morgan fingerprint density at radius 3 is 3.00 bits per heavy atom. The van der Waals surface area contributed by atoms with Gasteiger partial charge in [0.05, 0.1) is 35.8 Å². The van der Waals surface area contributed by atoms with Crippen molar-refractivity contribution >= 4 is 11.0 Å². The van der Waals surface area contributed by atoms with Crippen LogP contribution in [0.5, 0.6) is 0 Å². The van der Waals surface area contributed by atoms with Crippen LogP contribution in [0.15, 0.2) is 23.0 Å². The van der Waals surface area contributed by atoms with E-state index in [4.69, 9.17) is 10.4 Å². The first-order valence-corrected chi connectivity index (χ1v) is 4.50. The molecule has 1 aromatic heterocycles. The van der Waals surface area contributed by atoms with Crippen molar-refractivity contribution in [2.75, 3.05) is 6.61 Å². The first-order chi connectivity index (χ1) is 7.26. The molecular weight excluding hydrogens is 194 g/mol. The molecular formula is C10H9N3O2. The smallest absolute Gasteiger partial charge is 0.326 e. The fourth-order valence-corrected chi connectivity index (χ4v) is 1.56. The van der Waals surface area contributed by atoms with Crippen LogP contribution in [0, 0.1) is 11.3 Å².